The number of ether oxygens (including phenoxy) is 2. The fraction of sp³-hybridized carbons (Fsp3) is 0.306. The summed E-state index contributed by atoms with van der Waals surface area (Å²) < 4.78 is 10.9. The van der Waals surface area contributed by atoms with Crippen molar-refractivity contribution in [2.24, 2.45) is 23.7 Å². The molecule has 8 nitrogen and oxygen atoms in total. The predicted molar refractivity (Wildman–Crippen MR) is 186 cm³/mol. The Morgan fingerprint density at radius 3 is 2.15 bits per heavy atom. The highest BCUT2D eigenvalue weighted by Crippen LogP contribution is 2.60. The lowest BCUT2D eigenvalue weighted by molar-refractivity contribution is -0.123. The van der Waals surface area contributed by atoms with Gasteiger partial charge >= 0.3 is 5.97 Å². The number of pyridine rings is 1. The Kier molecular flexibility index (Phi) is 8.25. The molecule has 0 spiro atoms. The van der Waals surface area contributed by atoms with Crippen LogP contribution in [-0.4, -0.2) is 51.4 Å². The highest BCUT2D eigenvalue weighted by molar-refractivity contribution is 9.12. The van der Waals surface area contributed by atoms with Crippen LogP contribution in [0.3, 0.4) is 0 Å². The van der Waals surface area contributed by atoms with Gasteiger partial charge in [0.2, 0.25) is 17.6 Å². The molecule has 1 saturated heterocycles. The number of fused-ring (bicyclic) bond motifs is 6. The lowest BCUT2D eigenvalue weighted by atomic mass is 9.81. The average molecular weight is 781 g/mol. The van der Waals surface area contributed by atoms with Crippen LogP contribution in [0.4, 0.5) is 5.69 Å². The maximum Gasteiger partial charge on any atom is 0.339 e. The van der Waals surface area contributed by atoms with Gasteiger partial charge in [0.05, 0.1) is 41.4 Å². The Morgan fingerprint density at radius 1 is 0.936 bits per heavy atom. The molecule has 2 bridgehead atoms. The molecular formula is C36H29Br2ClN2O6. The van der Waals surface area contributed by atoms with E-state index in [1.165, 1.54) is 18.9 Å². The summed E-state index contributed by atoms with van der Waals surface area (Å²) in [6.45, 7) is 3.35. The third kappa shape index (κ3) is 5.20. The lowest BCUT2D eigenvalue weighted by Gasteiger charge is -2.28. The van der Waals surface area contributed by atoms with Crippen LogP contribution in [0.1, 0.15) is 39.6 Å². The molecule has 7 rings (SSSR count). The van der Waals surface area contributed by atoms with Gasteiger partial charge in [-0.25, -0.2) is 9.78 Å². The predicted octanol–water partition coefficient (Wildman–Crippen LogP) is 7.58. The van der Waals surface area contributed by atoms with Gasteiger partial charge < -0.3 is 9.47 Å². The number of rotatable bonds is 7. The number of amides is 2. The number of carbonyl (C=O) groups excluding carboxylic acids is 4. The second kappa shape index (κ2) is 12.1. The first-order chi connectivity index (χ1) is 22.5. The van der Waals surface area contributed by atoms with Crippen LogP contribution in [0.25, 0.3) is 22.2 Å². The number of imide groups is 1. The average Bonchev–Trinajstić information content (AvgIpc) is 3.70. The second-order valence-electron chi connectivity index (χ2n) is 12.3. The molecule has 3 fully saturated rings. The molecular weight excluding hydrogens is 752 g/mol. The van der Waals surface area contributed by atoms with Gasteiger partial charge in [-0.05, 0) is 86.2 Å². The number of halogens is 3. The van der Waals surface area contributed by atoms with Crippen LogP contribution in [0.5, 0.6) is 5.75 Å². The van der Waals surface area contributed by atoms with E-state index in [1.54, 1.807) is 66.7 Å². The van der Waals surface area contributed by atoms with Gasteiger partial charge in [-0.15, -0.1) is 0 Å². The fourth-order valence-electron chi connectivity index (χ4n) is 7.37. The highest BCUT2D eigenvalue weighted by atomic mass is 79.9. The van der Waals surface area contributed by atoms with Gasteiger partial charge in [0, 0.05) is 31.2 Å². The van der Waals surface area contributed by atoms with E-state index in [0.717, 1.165) is 6.42 Å². The molecule has 2 heterocycles. The number of aryl methyl sites for hydroxylation is 1. The smallest absolute Gasteiger partial charge is 0.339 e. The molecule has 2 saturated carbocycles. The van der Waals surface area contributed by atoms with Crippen molar-refractivity contribution in [2.75, 3.05) is 12.0 Å². The minimum atomic E-state index is -1.06. The zero-order valence-electron chi connectivity index (χ0n) is 25.6. The van der Waals surface area contributed by atoms with Crippen LogP contribution in [0.15, 0.2) is 66.7 Å². The van der Waals surface area contributed by atoms with Crippen LogP contribution in [0, 0.1) is 30.6 Å². The number of methoxy groups -OCH3 is 1. The second-order valence-corrected chi connectivity index (χ2v) is 14.8. The number of esters is 1. The van der Waals surface area contributed by atoms with E-state index in [9.17, 15) is 19.2 Å². The molecule has 0 N–H and O–H groups in total. The van der Waals surface area contributed by atoms with Crippen molar-refractivity contribution in [3.63, 3.8) is 0 Å². The van der Waals surface area contributed by atoms with Crippen molar-refractivity contribution in [1.82, 2.24) is 4.98 Å². The molecule has 3 aromatic carbocycles. The van der Waals surface area contributed by atoms with Gasteiger partial charge in [-0.3, -0.25) is 19.3 Å². The fourth-order valence-corrected chi connectivity index (χ4v) is 9.40. The van der Waals surface area contributed by atoms with Gasteiger partial charge in [-0.1, -0.05) is 61.7 Å². The van der Waals surface area contributed by atoms with Gasteiger partial charge in [-0.2, -0.15) is 0 Å². The summed E-state index contributed by atoms with van der Waals surface area (Å²) in [5.74, 6) is -1.10. The molecule has 1 aromatic heterocycles. The summed E-state index contributed by atoms with van der Waals surface area (Å²) >= 11 is 13.9. The van der Waals surface area contributed by atoms with E-state index in [0.29, 0.717) is 49.7 Å². The first kappa shape index (κ1) is 32.0. The van der Waals surface area contributed by atoms with Gasteiger partial charge in [0.1, 0.15) is 5.75 Å². The number of Topliss-reactive ketones (excluding diaryl/α,β-unsaturated/α-hetero) is 1. The number of nitrogens with zero attached hydrogens (tertiary/aromatic N) is 2. The maximum atomic E-state index is 13.6. The van der Waals surface area contributed by atoms with Crippen molar-refractivity contribution in [3.05, 3.63) is 88.4 Å². The van der Waals surface area contributed by atoms with E-state index in [-0.39, 0.29) is 56.5 Å². The van der Waals surface area contributed by atoms with Crippen LogP contribution < -0.4 is 9.64 Å². The Hall–Kier alpha value is -3.60. The SMILES string of the molecule is COc1ccc(C(=O)C(C)OC(=O)c2cc(-c3ccc(N4C(=O)C5C6CC(C(Br)C6Br)C5C4=O)cc3)nc3c(C)c(Cl)ccc23)cc1. The summed E-state index contributed by atoms with van der Waals surface area (Å²) in [5.41, 5.74) is 3.44. The first-order valence-corrected chi connectivity index (χ1v) is 17.5. The van der Waals surface area contributed by atoms with E-state index in [4.69, 9.17) is 26.1 Å². The monoisotopic (exact) mass is 778 g/mol. The van der Waals surface area contributed by atoms with Crippen molar-refractivity contribution in [2.45, 2.75) is 36.0 Å². The number of hydrogen-bond donors (Lipinski definition) is 0. The van der Waals surface area contributed by atoms with E-state index in [1.807, 2.05) is 6.92 Å². The molecule has 47 heavy (non-hydrogen) atoms. The van der Waals surface area contributed by atoms with Crippen molar-refractivity contribution >= 4 is 83.6 Å². The summed E-state index contributed by atoms with van der Waals surface area (Å²) in [5, 5.41) is 1.02. The van der Waals surface area contributed by atoms with Crippen LogP contribution >= 0.6 is 43.5 Å². The molecule has 3 aliphatic rings. The Morgan fingerprint density at radius 2 is 1.55 bits per heavy atom. The van der Waals surface area contributed by atoms with Crippen LogP contribution in [-0.2, 0) is 14.3 Å². The Labute approximate surface area is 293 Å². The summed E-state index contributed by atoms with van der Waals surface area (Å²) in [4.78, 5) is 60.3. The maximum absolute atomic E-state index is 13.6. The number of benzene rings is 3. The first-order valence-electron chi connectivity index (χ1n) is 15.3. The number of hydrogen-bond acceptors (Lipinski definition) is 7. The Balaban J connectivity index is 1.19. The largest absolute Gasteiger partial charge is 0.497 e. The highest BCUT2D eigenvalue weighted by Gasteiger charge is 2.66. The third-order valence-electron chi connectivity index (χ3n) is 9.82. The van der Waals surface area contributed by atoms with E-state index < -0.39 is 12.1 Å². The number of anilines is 1. The molecule has 2 amide bonds. The minimum Gasteiger partial charge on any atom is -0.497 e. The standard InChI is InChI=1S/C36H29Br2ClN2O6/c1-16-26(39)13-12-22-23(36(45)47-17(2)33(42)19-6-10-21(46-3)11-7-19)15-27(40-32(16)22)18-4-8-20(9-5-18)41-34(43)28-24-14-25(29(28)35(41)44)31(38)30(24)37/h4-13,15,17,24-25,28-31H,14H2,1-3H3. The van der Waals surface area contributed by atoms with E-state index >= 15 is 0 Å². The van der Waals surface area contributed by atoms with Crippen LogP contribution in [0.2, 0.25) is 5.02 Å². The molecule has 7 unspecified atom stereocenters. The quantitative estimate of drug-likeness (QED) is 0.0825. The Bertz CT molecular complexity index is 1940. The molecule has 11 heteroatoms. The lowest BCUT2D eigenvalue weighted by Crippen LogP contribution is -2.37. The number of aromatic nitrogens is 1. The normalized spacial score (nSPS) is 25.3. The molecule has 7 atom stereocenters. The summed E-state index contributed by atoms with van der Waals surface area (Å²) in [6, 6.07) is 18.6. The van der Waals surface area contributed by atoms with Gasteiger partial charge in [0.25, 0.3) is 0 Å². The van der Waals surface area contributed by atoms with Crippen molar-refractivity contribution in [1.29, 1.82) is 0 Å². The topological polar surface area (TPSA) is 103 Å². The molecule has 240 valence electrons. The third-order valence-corrected chi connectivity index (χ3v) is 13.4. The van der Waals surface area contributed by atoms with E-state index in [2.05, 4.69) is 31.9 Å². The van der Waals surface area contributed by atoms with Crippen molar-refractivity contribution in [3.8, 4) is 17.0 Å². The molecule has 0 radical (unpaired) electrons. The molecule has 4 aromatic rings. The number of alkyl halides is 2. The van der Waals surface area contributed by atoms with Gasteiger partial charge in [0.15, 0.2) is 6.10 Å². The van der Waals surface area contributed by atoms with Crippen molar-refractivity contribution < 1.29 is 28.7 Å². The number of ketones is 1. The molecule has 1 aliphatic heterocycles. The summed E-state index contributed by atoms with van der Waals surface area (Å²) in [7, 11) is 1.54. The number of carbonyl (C=O) groups is 4. The zero-order valence-corrected chi connectivity index (χ0v) is 29.5. The zero-order chi connectivity index (χ0) is 33.3. The molecule has 2 aliphatic carbocycles. The minimum absolute atomic E-state index is 0.124. The summed E-state index contributed by atoms with van der Waals surface area (Å²) in [6.07, 6.45) is -0.193.